The van der Waals surface area contributed by atoms with Crippen LogP contribution in [0, 0.1) is 5.41 Å². The van der Waals surface area contributed by atoms with E-state index in [1.807, 2.05) is 60.6 Å². The van der Waals surface area contributed by atoms with Gasteiger partial charge in [0.2, 0.25) is 0 Å². The molecule has 0 radical (unpaired) electrons. The molecule has 1 aromatic carbocycles. The number of fused-ring (bicyclic) bond motifs is 1. The summed E-state index contributed by atoms with van der Waals surface area (Å²) < 4.78 is 18.3. The van der Waals surface area contributed by atoms with E-state index in [0.717, 1.165) is 5.46 Å². The fourth-order valence-electron chi connectivity index (χ4n) is 3.06. The molecular formula is C19H28BNO5. The monoisotopic (exact) mass is 361 g/mol. The van der Waals surface area contributed by atoms with Gasteiger partial charge in [-0.2, -0.15) is 0 Å². The molecule has 26 heavy (non-hydrogen) atoms. The Labute approximate surface area is 155 Å². The van der Waals surface area contributed by atoms with E-state index >= 15 is 0 Å². The SMILES string of the molecule is CC(C)(C)C1CN(C(=O)O)c2cc(B3OC(C)(C)C(C)(C)O3)ccc2O1. The zero-order chi connectivity index (χ0) is 19.5. The number of ether oxygens (including phenoxy) is 1. The third kappa shape index (κ3) is 3.18. The van der Waals surface area contributed by atoms with E-state index in [-0.39, 0.29) is 11.5 Å². The molecule has 2 heterocycles. The standard InChI is InChI=1S/C19H28BNO5/c1-17(2,3)15-11-21(16(22)23)13-10-12(8-9-14(13)24-15)20-25-18(4,5)19(6,7)26-20/h8-10,15H,11H2,1-7H3,(H,22,23). The molecule has 0 saturated carbocycles. The molecule has 6 nitrogen and oxygen atoms in total. The second kappa shape index (κ2) is 5.89. The molecular weight excluding hydrogens is 333 g/mol. The van der Waals surface area contributed by atoms with Crippen LogP contribution in [0.3, 0.4) is 0 Å². The lowest BCUT2D eigenvalue weighted by atomic mass is 9.78. The van der Waals surface area contributed by atoms with Crippen LogP contribution < -0.4 is 15.1 Å². The maximum Gasteiger partial charge on any atom is 0.494 e. The summed E-state index contributed by atoms with van der Waals surface area (Å²) in [7, 11) is -0.540. The molecule has 1 fully saturated rings. The Balaban J connectivity index is 1.96. The third-order valence-electron chi connectivity index (χ3n) is 5.61. The van der Waals surface area contributed by atoms with Crippen LogP contribution in [-0.4, -0.2) is 42.2 Å². The van der Waals surface area contributed by atoms with Crippen LogP contribution in [0.2, 0.25) is 0 Å². The Morgan fingerprint density at radius 1 is 1.19 bits per heavy atom. The smallest absolute Gasteiger partial charge is 0.486 e. The first-order valence-corrected chi connectivity index (χ1v) is 8.98. The summed E-state index contributed by atoms with van der Waals surface area (Å²) in [6, 6.07) is 5.49. The van der Waals surface area contributed by atoms with Gasteiger partial charge in [0.15, 0.2) is 0 Å². The third-order valence-corrected chi connectivity index (χ3v) is 5.61. The summed E-state index contributed by atoms with van der Waals surface area (Å²) in [5.41, 5.74) is 0.244. The van der Waals surface area contributed by atoms with Gasteiger partial charge in [0.1, 0.15) is 11.9 Å². The molecule has 2 aliphatic heterocycles. The van der Waals surface area contributed by atoms with Gasteiger partial charge in [0, 0.05) is 5.41 Å². The largest absolute Gasteiger partial charge is 0.494 e. The normalized spacial score (nSPS) is 24.2. The highest BCUT2D eigenvalue weighted by Crippen LogP contribution is 2.40. The van der Waals surface area contributed by atoms with Crippen molar-refractivity contribution in [3.63, 3.8) is 0 Å². The van der Waals surface area contributed by atoms with E-state index in [1.165, 1.54) is 4.90 Å². The molecule has 1 unspecified atom stereocenters. The van der Waals surface area contributed by atoms with E-state index in [9.17, 15) is 9.90 Å². The Hall–Kier alpha value is -1.73. The fraction of sp³-hybridized carbons (Fsp3) is 0.632. The minimum atomic E-state index is -0.991. The number of carboxylic acid groups (broad SMARTS) is 1. The van der Waals surface area contributed by atoms with Crippen LogP contribution in [-0.2, 0) is 9.31 Å². The van der Waals surface area contributed by atoms with Gasteiger partial charge in [-0.3, -0.25) is 4.90 Å². The summed E-state index contributed by atoms with van der Waals surface area (Å²) in [4.78, 5) is 13.2. The number of anilines is 1. The Morgan fingerprint density at radius 2 is 1.77 bits per heavy atom. The quantitative estimate of drug-likeness (QED) is 0.778. The van der Waals surface area contributed by atoms with Crippen LogP contribution in [0.1, 0.15) is 48.5 Å². The van der Waals surface area contributed by atoms with Crippen molar-refractivity contribution in [2.45, 2.75) is 65.8 Å². The fourth-order valence-corrected chi connectivity index (χ4v) is 3.06. The first-order valence-electron chi connectivity index (χ1n) is 8.98. The first-order chi connectivity index (χ1) is 11.8. The number of hydrogen-bond acceptors (Lipinski definition) is 4. The Morgan fingerprint density at radius 3 is 2.27 bits per heavy atom. The molecule has 7 heteroatoms. The van der Waals surface area contributed by atoms with E-state index in [0.29, 0.717) is 18.0 Å². The highest BCUT2D eigenvalue weighted by atomic mass is 16.7. The second-order valence-corrected chi connectivity index (χ2v) is 9.18. The molecule has 2 aliphatic rings. The molecule has 0 aliphatic carbocycles. The summed E-state index contributed by atoms with van der Waals surface area (Å²) in [6.07, 6.45) is -1.20. The van der Waals surface area contributed by atoms with E-state index in [1.54, 1.807) is 6.07 Å². The van der Waals surface area contributed by atoms with Gasteiger partial charge in [-0.25, -0.2) is 4.79 Å². The molecule has 0 spiro atoms. The van der Waals surface area contributed by atoms with Crippen LogP contribution in [0.25, 0.3) is 0 Å². The molecule has 1 N–H and O–H groups in total. The topological polar surface area (TPSA) is 68.2 Å². The molecule has 1 atom stereocenters. The molecule has 1 amide bonds. The number of benzene rings is 1. The van der Waals surface area contributed by atoms with Gasteiger partial charge in [0.25, 0.3) is 0 Å². The van der Waals surface area contributed by atoms with E-state index in [2.05, 4.69) is 0 Å². The van der Waals surface area contributed by atoms with Gasteiger partial charge >= 0.3 is 13.2 Å². The number of amides is 1. The zero-order valence-electron chi connectivity index (χ0n) is 16.6. The summed E-state index contributed by atoms with van der Waals surface area (Å²) >= 11 is 0. The predicted molar refractivity (Wildman–Crippen MR) is 101 cm³/mol. The second-order valence-electron chi connectivity index (χ2n) is 9.18. The van der Waals surface area contributed by atoms with Crippen LogP contribution in [0.4, 0.5) is 10.5 Å². The maximum absolute atomic E-state index is 11.8. The minimum absolute atomic E-state index is 0.171. The van der Waals surface area contributed by atoms with E-state index < -0.39 is 24.4 Å². The average Bonchev–Trinajstić information content (AvgIpc) is 2.72. The van der Waals surface area contributed by atoms with Crippen LogP contribution >= 0.6 is 0 Å². The molecule has 3 rings (SSSR count). The van der Waals surface area contributed by atoms with Crippen molar-refractivity contribution < 1.29 is 23.9 Å². The number of nitrogens with zero attached hydrogens (tertiary/aromatic N) is 1. The number of rotatable bonds is 1. The van der Waals surface area contributed by atoms with Crippen molar-refractivity contribution in [2.75, 3.05) is 11.4 Å². The van der Waals surface area contributed by atoms with Crippen molar-refractivity contribution in [3.05, 3.63) is 18.2 Å². The Kier molecular flexibility index (Phi) is 4.32. The van der Waals surface area contributed by atoms with Crippen molar-refractivity contribution in [2.24, 2.45) is 5.41 Å². The Bertz CT molecular complexity index is 709. The first kappa shape index (κ1) is 19.0. The summed E-state index contributed by atoms with van der Waals surface area (Å²) in [5.74, 6) is 0.568. The van der Waals surface area contributed by atoms with Gasteiger partial charge in [-0.15, -0.1) is 0 Å². The summed E-state index contributed by atoms with van der Waals surface area (Å²) in [5, 5.41) is 9.70. The lowest BCUT2D eigenvalue weighted by Gasteiger charge is -2.39. The van der Waals surface area contributed by atoms with E-state index in [4.69, 9.17) is 14.0 Å². The van der Waals surface area contributed by atoms with Crippen molar-refractivity contribution in [3.8, 4) is 5.75 Å². The molecule has 1 saturated heterocycles. The van der Waals surface area contributed by atoms with Crippen LogP contribution in [0.15, 0.2) is 18.2 Å². The van der Waals surface area contributed by atoms with Gasteiger partial charge in [-0.1, -0.05) is 26.8 Å². The van der Waals surface area contributed by atoms with Crippen LogP contribution in [0.5, 0.6) is 5.75 Å². The number of hydrogen-bond donors (Lipinski definition) is 1. The number of carbonyl (C=O) groups is 1. The summed E-state index contributed by atoms with van der Waals surface area (Å²) in [6.45, 7) is 14.4. The van der Waals surface area contributed by atoms with Crippen molar-refractivity contribution in [1.82, 2.24) is 0 Å². The lowest BCUT2D eigenvalue weighted by molar-refractivity contribution is 0.00578. The highest BCUT2D eigenvalue weighted by Gasteiger charge is 2.52. The minimum Gasteiger partial charge on any atom is -0.486 e. The van der Waals surface area contributed by atoms with Gasteiger partial charge in [0.05, 0.1) is 23.4 Å². The molecule has 0 aromatic heterocycles. The average molecular weight is 361 g/mol. The zero-order valence-corrected chi connectivity index (χ0v) is 16.6. The van der Waals surface area contributed by atoms with Gasteiger partial charge in [-0.05, 0) is 45.3 Å². The maximum atomic E-state index is 11.8. The lowest BCUT2D eigenvalue weighted by Crippen LogP contribution is -2.49. The van der Waals surface area contributed by atoms with Crippen molar-refractivity contribution in [1.29, 1.82) is 0 Å². The predicted octanol–water partition coefficient (Wildman–Crippen LogP) is 3.28. The molecule has 142 valence electrons. The van der Waals surface area contributed by atoms with Crippen molar-refractivity contribution >= 4 is 24.4 Å². The molecule has 1 aromatic rings. The molecule has 0 bridgehead atoms. The highest BCUT2D eigenvalue weighted by molar-refractivity contribution is 6.62. The van der Waals surface area contributed by atoms with Gasteiger partial charge < -0.3 is 19.2 Å².